The molecule has 2 aromatic heterocycles. The second-order valence-corrected chi connectivity index (χ2v) is 2.87. The summed E-state index contributed by atoms with van der Waals surface area (Å²) in [7, 11) is 0. The van der Waals surface area contributed by atoms with Gasteiger partial charge in [-0.2, -0.15) is 4.98 Å². The van der Waals surface area contributed by atoms with E-state index >= 15 is 0 Å². The first-order valence-electron chi connectivity index (χ1n) is 4.35. The molecule has 0 aliphatic carbocycles. The van der Waals surface area contributed by atoms with Crippen molar-refractivity contribution in [3.05, 3.63) is 24.1 Å². The highest BCUT2D eigenvalue weighted by Crippen LogP contribution is 2.10. The van der Waals surface area contributed by atoms with E-state index in [0.29, 0.717) is 29.9 Å². The molecule has 78 valence electrons. The van der Waals surface area contributed by atoms with Crippen molar-refractivity contribution >= 4 is 11.6 Å². The molecule has 0 fully saturated rings. The smallest absolute Gasteiger partial charge is 0.223 e. The summed E-state index contributed by atoms with van der Waals surface area (Å²) in [6.45, 7) is 2.13. The third-order valence-electron chi connectivity index (χ3n) is 1.71. The lowest BCUT2D eigenvalue weighted by molar-refractivity contribution is 0.388. The van der Waals surface area contributed by atoms with Crippen molar-refractivity contribution in [1.82, 2.24) is 20.1 Å². The van der Waals surface area contributed by atoms with Crippen molar-refractivity contribution in [1.29, 1.82) is 0 Å². The summed E-state index contributed by atoms with van der Waals surface area (Å²) >= 11 is 0. The molecule has 0 amide bonds. The fraction of sp³-hybridized carbons (Fsp3) is 0.250. The van der Waals surface area contributed by atoms with E-state index in [-0.39, 0.29) is 0 Å². The molecule has 0 unspecified atom stereocenters. The molecule has 0 radical (unpaired) electrons. The molecule has 7 nitrogen and oxygen atoms in total. The van der Waals surface area contributed by atoms with Crippen LogP contribution < -0.4 is 11.1 Å². The highest BCUT2D eigenvalue weighted by atomic mass is 16.5. The van der Waals surface area contributed by atoms with Gasteiger partial charge >= 0.3 is 0 Å². The molecule has 0 aliphatic heterocycles. The minimum absolute atomic E-state index is 0.345. The first-order valence-corrected chi connectivity index (χ1v) is 4.35. The average molecular weight is 206 g/mol. The maximum Gasteiger partial charge on any atom is 0.223 e. The molecule has 0 aliphatic rings. The van der Waals surface area contributed by atoms with Gasteiger partial charge < -0.3 is 15.6 Å². The van der Waals surface area contributed by atoms with Crippen molar-refractivity contribution in [3.63, 3.8) is 0 Å². The molecule has 0 saturated heterocycles. The lowest BCUT2D eigenvalue weighted by Crippen LogP contribution is -2.06. The van der Waals surface area contributed by atoms with Gasteiger partial charge in [-0.25, -0.2) is 9.97 Å². The minimum atomic E-state index is 0.345. The Morgan fingerprint density at radius 1 is 1.40 bits per heavy atom. The molecule has 2 aromatic rings. The highest BCUT2D eigenvalue weighted by Gasteiger charge is 2.04. The van der Waals surface area contributed by atoms with Gasteiger partial charge in [0.1, 0.15) is 0 Å². The van der Waals surface area contributed by atoms with E-state index in [1.807, 2.05) is 0 Å². The maximum absolute atomic E-state index is 5.59. The zero-order valence-corrected chi connectivity index (χ0v) is 8.14. The zero-order valence-electron chi connectivity index (χ0n) is 8.14. The topological polar surface area (TPSA) is 103 Å². The standard InChI is InChI=1S/C8H10N6O/c1-5-13-6(14-15-5)4-12-8-7(9)10-2-3-11-8/h2-3H,4H2,1H3,(H2,9,10)(H,11,12). The molecule has 0 spiro atoms. The summed E-state index contributed by atoms with van der Waals surface area (Å²) in [5.74, 6) is 1.94. The number of hydrogen-bond acceptors (Lipinski definition) is 7. The molecule has 0 aromatic carbocycles. The van der Waals surface area contributed by atoms with Gasteiger partial charge in [0.15, 0.2) is 17.5 Å². The Kier molecular flexibility index (Phi) is 2.44. The Bertz CT molecular complexity index is 454. The summed E-state index contributed by atoms with van der Waals surface area (Å²) in [6, 6.07) is 0. The number of nitrogens with one attached hydrogen (secondary N) is 1. The zero-order chi connectivity index (χ0) is 10.7. The van der Waals surface area contributed by atoms with Crippen molar-refractivity contribution in [3.8, 4) is 0 Å². The van der Waals surface area contributed by atoms with Crippen LogP contribution in [0.1, 0.15) is 11.7 Å². The van der Waals surface area contributed by atoms with E-state index in [1.54, 1.807) is 13.1 Å². The van der Waals surface area contributed by atoms with Crippen LogP contribution in [0.4, 0.5) is 11.6 Å². The Morgan fingerprint density at radius 2 is 2.20 bits per heavy atom. The van der Waals surface area contributed by atoms with E-state index < -0.39 is 0 Å². The van der Waals surface area contributed by atoms with Crippen LogP contribution in [-0.2, 0) is 6.54 Å². The number of nitrogens with two attached hydrogens (primary N) is 1. The van der Waals surface area contributed by atoms with Crippen molar-refractivity contribution in [2.75, 3.05) is 11.1 Å². The summed E-state index contributed by atoms with van der Waals surface area (Å²) in [5, 5.41) is 6.68. The van der Waals surface area contributed by atoms with Crippen LogP contribution in [-0.4, -0.2) is 20.1 Å². The Balaban J connectivity index is 2.02. The van der Waals surface area contributed by atoms with Gasteiger partial charge in [0.05, 0.1) is 6.54 Å². The van der Waals surface area contributed by atoms with Crippen LogP contribution in [0.2, 0.25) is 0 Å². The summed E-state index contributed by atoms with van der Waals surface area (Å²) in [4.78, 5) is 11.9. The normalized spacial score (nSPS) is 10.2. The largest absolute Gasteiger partial charge is 0.381 e. The van der Waals surface area contributed by atoms with Crippen LogP contribution in [0.5, 0.6) is 0 Å². The SMILES string of the molecule is Cc1nc(CNc2nccnc2N)no1. The third-order valence-corrected chi connectivity index (χ3v) is 1.71. The summed E-state index contributed by atoms with van der Waals surface area (Å²) in [6.07, 6.45) is 3.08. The molecule has 3 N–H and O–H groups in total. The number of nitrogens with zero attached hydrogens (tertiary/aromatic N) is 4. The maximum atomic E-state index is 5.59. The van der Waals surface area contributed by atoms with E-state index in [2.05, 4.69) is 25.4 Å². The van der Waals surface area contributed by atoms with Crippen molar-refractivity contribution < 1.29 is 4.52 Å². The molecule has 7 heteroatoms. The first-order chi connectivity index (χ1) is 7.25. The second kappa shape index (κ2) is 3.91. The van der Waals surface area contributed by atoms with Crippen LogP contribution in [0.3, 0.4) is 0 Å². The van der Waals surface area contributed by atoms with Gasteiger partial charge in [0.25, 0.3) is 0 Å². The van der Waals surface area contributed by atoms with E-state index in [9.17, 15) is 0 Å². The number of aromatic nitrogens is 4. The van der Waals surface area contributed by atoms with Gasteiger partial charge in [-0.1, -0.05) is 5.16 Å². The van der Waals surface area contributed by atoms with Crippen molar-refractivity contribution in [2.24, 2.45) is 0 Å². The Labute approximate surface area is 85.7 Å². The van der Waals surface area contributed by atoms with E-state index in [1.165, 1.54) is 6.20 Å². The van der Waals surface area contributed by atoms with Gasteiger partial charge in [0, 0.05) is 19.3 Å². The predicted octanol–water partition coefficient (Wildman–Crippen LogP) is 0.362. The highest BCUT2D eigenvalue weighted by molar-refractivity contribution is 5.54. The van der Waals surface area contributed by atoms with Crippen LogP contribution in [0, 0.1) is 6.92 Å². The first kappa shape index (κ1) is 9.38. The molecular formula is C8H10N6O. The third kappa shape index (κ3) is 2.19. The molecule has 2 rings (SSSR count). The van der Waals surface area contributed by atoms with E-state index in [0.717, 1.165) is 0 Å². The van der Waals surface area contributed by atoms with Gasteiger partial charge in [-0.05, 0) is 0 Å². The average Bonchev–Trinajstić information content (AvgIpc) is 2.63. The molecule has 0 bridgehead atoms. The molecule has 0 atom stereocenters. The summed E-state index contributed by atoms with van der Waals surface area (Å²) in [5.41, 5.74) is 5.59. The fourth-order valence-electron chi connectivity index (χ4n) is 1.06. The Hall–Kier alpha value is -2.18. The minimum Gasteiger partial charge on any atom is -0.381 e. The summed E-state index contributed by atoms with van der Waals surface area (Å²) < 4.78 is 4.81. The predicted molar refractivity (Wildman–Crippen MR) is 52.8 cm³/mol. The van der Waals surface area contributed by atoms with Crippen molar-refractivity contribution in [2.45, 2.75) is 13.5 Å². The lowest BCUT2D eigenvalue weighted by atomic mass is 10.5. The molecule has 2 heterocycles. The number of hydrogen-bond donors (Lipinski definition) is 2. The number of aryl methyl sites for hydroxylation is 1. The number of rotatable bonds is 3. The monoisotopic (exact) mass is 206 g/mol. The number of nitrogen functional groups attached to an aromatic ring is 1. The van der Waals surface area contributed by atoms with Crippen LogP contribution in [0.25, 0.3) is 0 Å². The second-order valence-electron chi connectivity index (χ2n) is 2.87. The molecule has 15 heavy (non-hydrogen) atoms. The number of anilines is 2. The molecule has 0 saturated carbocycles. The lowest BCUT2D eigenvalue weighted by Gasteiger charge is -2.03. The fourth-order valence-corrected chi connectivity index (χ4v) is 1.06. The van der Waals surface area contributed by atoms with Gasteiger partial charge in [-0.15, -0.1) is 0 Å². The Morgan fingerprint density at radius 3 is 2.87 bits per heavy atom. The van der Waals surface area contributed by atoms with Gasteiger partial charge in [0.2, 0.25) is 5.89 Å². The quantitative estimate of drug-likeness (QED) is 0.747. The van der Waals surface area contributed by atoms with Crippen LogP contribution in [0.15, 0.2) is 16.9 Å². The van der Waals surface area contributed by atoms with E-state index in [4.69, 9.17) is 10.3 Å². The van der Waals surface area contributed by atoms with Crippen LogP contribution >= 0.6 is 0 Å². The molecular weight excluding hydrogens is 196 g/mol. The van der Waals surface area contributed by atoms with Gasteiger partial charge in [-0.3, -0.25) is 0 Å².